The Kier molecular flexibility index (Phi) is 3.48. The SMILES string of the molecule is CC(C)NC1=C(C=N)CC(N)CC1. The van der Waals surface area contributed by atoms with E-state index >= 15 is 0 Å². The van der Waals surface area contributed by atoms with Gasteiger partial charge in [-0.15, -0.1) is 0 Å². The molecule has 0 spiro atoms. The van der Waals surface area contributed by atoms with Crippen molar-refractivity contribution < 1.29 is 0 Å². The van der Waals surface area contributed by atoms with Gasteiger partial charge in [0, 0.05) is 24.0 Å². The highest BCUT2D eigenvalue weighted by molar-refractivity contribution is 5.77. The summed E-state index contributed by atoms with van der Waals surface area (Å²) in [7, 11) is 0. The van der Waals surface area contributed by atoms with Gasteiger partial charge in [-0.05, 0) is 38.7 Å². The Balaban J connectivity index is 2.71. The van der Waals surface area contributed by atoms with Crippen LogP contribution in [0.1, 0.15) is 33.1 Å². The van der Waals surface area contributed by atoms with E-state index in [-0.39, 0.29) is 6.04 Å². The average molecular weight is 181 g/mol. The molecule has 0 radical (unpaired) electrons. The first-order valence-electron chi connectivity index (χ1n) is 4.88. The van der Waals surface area contributed by atoms with Crippen molar-refractivity contribution in [2.45, 2.75) is 45.2 Å². The van der Waals surface area contributed by atoms with Crippen LogP contribution < -0.4 is 11.1 Å². The molecule has 3 nitrogen and oxygen atoms in total. The minimum atomic E-state index is 0.245. The molecular weight excluding hydrogens is 162 g/mol. The van der Waals surface area contributed by atoms with Gasteiger partial charge in [-0.3, -0.25) is 0 Å². The second-order valence-electron chi connectivity index (χ2n) is 3.95. The first-order valence-corrected chi connectivity index (χ1v) is 4.88. The smallest absolute Gasteiger partial charge is 0.0227 e. The molecule has 0 amide bonds. The van der Waals surface area contributed by atoms with Crippen molar-refractivity contribution in [3.8, 4) is 0 Å². The molecule has 74 valence electrons. The molecule has 1 rings (SSSR count). The van der Waals surface area contributed by atoms with Crippen molar-refractivity contribution in [1.29, 1.82) is 5.41 Å². The molecule has 0 saturated heterocycles. The van der Waals surface area contributed by atoms with Gasteiger partial charge in [0.2, 0.25) is 0 Å². The standard InChI is InChI=1S/C10H19N3/c1-7(2)13-10-4-3-9(12)5-8(10)6-11/h6-7,9,11,13H,3-5,12H2,1-2H3. The van der Waals surface area contributed by atoms with Gasteiger partial charge in [-0.2, -0.15) is 0 Å². The van der Waals surface area contributed by atoms with E-state index in [1.807, 2.05) is 0 Å². The summed E-state index contributed by atoms with van der Waals surface area (Å²) in [4.78, 5) is 0. The van der Waals surface area contributed by atoms with Gasteiger partial charge in [-0.25, -0.2) is 0 Å². The van der Waals surface area contributed by atoms with Gasteiger partial charge in [0.1, 0.15) is 0 Å². The molecule has 1 atom stereocenters. The van der Waals surface area contributed by atoms with Crippen molar-refractivity contribution in [2.75, 3.05) is 0 Å². The fourth-order valence-electron chi connectivity index (χ4n) is 1.66. The zero-order valence-corrected chi connectivity index (χ0v) is 8.43. The Morgan fingerprint density at radius 1 is 1.62 bits per heavy atom. The van der Waals surface area contributed by atoms with Crippen LogP contribution in [0.4, 0.5) is 0 Å². The molecule has 0 aromatic rings. The number of allylic oxidation sites excluding steroid dienone is 1. The van der Waals surface area contributed by atoms with E-state index in [1.165, 1.54) is 11.9 Å². The first kappa shape index (κ1) is 10.3. The van der Waals surface area contributed by atoms with Gasteiger partial charge >= 0.3 is 0 Å². The van der Waals surface area contributed by atoms with Crippen molar-refractivity contribution in [3.63, 3.8) is 0 Å². The number of nitrogens with two attached hydrogens (primary N) is 1. The maximum absolute atomic E-state index is 7.28. The van der Waals surface area contributed by atoms with Crippen molar-refractivity contribution in [2.24, 2.45) is 5.73 Å². The summed E-state index contributed by atoms with van der Waals surface area (Å²) in [6.45, 7) is 4.23. The Morgan fingerprint density at radius 2 is 2.31 bits per heavy atom. The lowest BCUT2D eigenvalue weighted by atomic mass is 9.93. The molecule has 0 bridgehead atoms. The van der Waals surface area contributed by atoms with Crippen LogP contribution in [0.15, 0.2) is 11.3 Å². The summed E-state index contributed by atoms with van der Waals surface area (Å²) in [5, 5.41) is 10.7. The highest BCUT2D eigenvalue weighted by Gasteiger charge is 2.16. The van der Waals surface area contributed by atoms with Crippen LogP contribution in [0.2, 0.25) is 0 Å². The largest absolute Gasteiger partial charge is 0.386 e. The van der Waals surface area contributed by atoms with E-state index in [0.717, 1.165) is 24.8 Å². The van der Waals surface area contributed by atoms with Crippen molar-refractivity contribution >= 4 is 6.21 Å². The summed E-state index contributed by atoms with van der Waals surface area (Å²) in [6, 6.07) is 0.689. The minimum absolute atomic E-state index is 0.245. The monoisotopic (exact) mass is 181 g/mol. The molecule has 1 unspecified atom stereocenters. The zero-order chi connectivity index (χ0) is 9.84. The predicted octanol–water partition coefficient (Wildman–Crippen LogP) is 1.40. The van der Waals surface area contributed by atoms with Crippen LogP contribution in [0.3, 0.4) is 0 Å². The lowest BCUT2D eigenvalue weighted by molar-refractivity contribution is 0.533. The van der Waals surface area contributed by atoms with E-state index in [1.54, 1.807) is 0 Å². The van der Waals surface area contributed by atoms with Crippen LogP contribution in [-0.2, 0) is 0 Å². The Hall–Kier alpha value is -0.830. The summed E-state index contributed by atoms with van der Waals surface area (Å²) in [6.07, 6.45) is 4.30. The summed E-state index contributed by atoms with van der Waals surface area (Å²) >= 11 is 0. The molecule has 0 aromatic heterocycles. The van der Waals surface area contributed by atoms with Crippen LogP contribution in [0, 0.1) is 5.41 Å². The van der Waals surface area contributed by atoms with E-state index in [9.17, 15) is 0 Å². The average Bonchev–Trinajstić information content (AvgIpc) is 2.07. The van der Waals surface area contributed by atoms with Crippen LogP contribution in [0.25, 0.3) is 0 Å². The van der Waals surface area contributed by atoms with E-state index in [4.69, 9.17) is 11.1 Å². The fraction of sp³-hybridized carbons (Fsp3) is 0.700. The second-order valence-corrected chi connectivity index (χ2v) is 3.95. The highest BCUT2D eigenvalue weighted by Crippen LogP contribution is 2.21. The number of rotatable bonds is 3. The molecule has 1 aliphatic carbocycles. The first-order chi connectivity index (χ1) is 6.13. The molecule has 0 heterocycles. The van der Waals surface area contributed by atoms with Crippen molar-refractivity contribution in [3.05, 3.63) is 11.3 Å². The number of hydrogen-bond acceptors (Lipinski definition) is 3. The normalized spacial score (nSPS) is 23.5. The fourth-order valence-corrected chi connectivity index (χ4v) is 1.66. The predicted molar refractivity (Wildman–Crippen MR) is 55.9 cm³/mol. The lowest BCUT2D eigenvalue weighted by Crippen LogP contribution is -2.31. The molecule has 4 N–H and O–H groups in total. The zero-order valence-electron chi connectivity index (χ0n) is 8.43. The molecule has 13 heavy (non-hydrogen) atoms. The lowest BCUT2D eigenvalue weighted by Gasteiger charge is -2.25. The van der Waals surface area contributed by atoms with E-state index < -0.39 is 0 Å². The molecule has 3 heteroatoms. The third-order valence-corrected chi connectivity index (χ3v) is 2.27. The van der Waals surface area contributed by atoms with Gasteiger partial charge in [0.25, 0.3) is 0 Å². The van der Waals surface area contributed by atoms with Gasteiger partial charge in [0.15, 0.2) is 0 Å². The van der Waals surface area contributed by atoms with Gasteiger partial charge in [-0.1, -0.05) is 0 Å². The number of nitrogens with one attached hydrogen (secondary N) is 2. The summed E-state index contributed by atoms with van der Waals surface area (Å²) < 4.78 is 0. The molecule has 1 aliphatic rings. The maximum atomic E-state index is 7.28. The Labute approximate surface area is 79.9 Å². The molecule has 0 aromatic carbocycles. The van der Waals surface area contributed by atoms with Crippen LogP contribution in [-0.4, -0.2) is 18.3 Å². The Morgan fingerprint density at radius 3 is 2.85 bits per heavy atom. The van der Waals surface area contributed by atoms with Crippen LogP contribution >= 0.6 is 0 Å². The van der Waals surface area contributed by atoms with E-state index in [0.29, 0.717) is 6.04 Å². The van der Waals surface area contributed by atoms with Gasteiger partial charge in [0.05, 0.1) is 0 Å². The maximum Gasteiger partial charge on any atom is 0.0227 e. The summed E-state index contributed by atoms with van der Waals surface area (Å²) in [5.41, 5.74) is 8.12. The molecule has 0 saturated carbocycles. The summed E-state index contributed by atoms with van der Waals surface area (Å²) in [5.74, 6) is 0. The molecule has 0 aliphatic heterocycles. The molecular formula is C10H19N3. The minimum Gasteiger partial charge on any atom is -0.386 e. The molecule has 0 fully saturated rings. The van der Waals surface area contributed by atoms with Gasteiger partial charge < -0.3 is 16.5 Å². The highest BCUT2D eigenvalue weighted by atomic mass is 14.9. The third kappa shape index (κ3) is 2.84. The van der Waals surface area contributed by atoms with E-state index in [2.05, 4.69) is 19.2 Å². The Bertz CT molecular complexity index is 218. The quantitative estimate of drug-likeness (QED) is 0.576. The second kappa shape index (κ2) is 4.42. The third-order valence-electron chi connectivity index (χ3n) is 2.27. The topological polar surface area (TPSA) is 61.9 Å². The number of hydrogen-bond donors (Lipinski definition) is 3. The van der Waals surface area contributed by atoms with Crippen LogP contribution in [0.5, 0.6) is 0 Å². The van der Waals surface area contributed by atoms with Crippen molar-refractivity contribution in [1.82, 2.24) is 5.32 Å².